The van der Waals surface area contributed by atoms with Crippen molar-refractivity contribution < 1.29 is 41.5 Å². The lowest BCUT2D eigenvalue weighted by Crippen LogP contribution is -2.66. The lowest BCUT2D eigenvalue weighted by molar-refractivity contribution is -0.139. The van der Waals surface area contributed by atoms with Crippen LogP contribution in [0.3, 0.4) is 0 Å². The van der Waals surface area contributed by atoms with Crippen LogP contribution >= 0.6 is 0 Å². The van der Waals surface area contributed by atoms with Crippen molar-refractivity contribution >= 4 is 34.5 Å². The lowest BCUT2D eigenvalue weighted by atomic mass is 9.78. The summed E-state index contributed by atoms with van der Waals surface area (Å²) in [5.74, 6) is -2.52. The number of hydrogen-bond donors (Lipinski definition) is 5. The van der Waals surface area contributed by atoms with Gasteiger partial charge in [-0.3, -0.25) is 24.6 Å². The number of nitrogens with one attached hydrogen (secondary N) is 5. The number of para-hydroxylation sites is 1. The summed E-state index contributed by atoms with van der Waals surface area (Å²) >= 11 is 0. The third-order valence-electron chi connectivity index (χ3n) is 10.1. The van der Waals surface area contributed by atoms with E-state index in [9.17, 15) is 36.7 Å². The number of carbonyl (C=O) groups excluding carboxylic acids is 4. The molecule has 2 aromatic carbocycles. The SMILES string of the molecule is CCC(C)C.CCC(C)[C@H](NC(=O)C1(NC(=O)CNC(=O)Cc2ccccc2F)CCc2[nH]c3c(C(F)(F)F)cccc3c2C1)C(=O)NN1CCOCC1. The predicted octanol–water partition coefficient (Wildman–Crippen LogP) is 4.98. The minimum Gasteiger partial charge on any atom is -0.379 e. The van der Waals surface area contributed by atoms with Gasteiger partial charge in [-0.25, -0.2) is 9.40 Å². The quantitative estimate of drug-likeness (QED) is 0.165. The molecule has 5 N–H and O–H groups in total. The van der Waals surface area contributed by atoms with Crippen LogP contribution in [-0.4, -0.2) is 78.1 Å². The number of hydrazine groups is 1. The average Bonchev–Trinajstić information content (AvgIpc) is 3.51. The topological polar surface area (TPSA) is 145 Å². The number of morpholine rings is 1. The summed E-state index contributed by atoms with van der Waals surface area (Å²) in [4.78, 5) is 56.7. The highest BCUT2D eigenvalue weighted by Crippen LogP contribution is 2.40. The fraction of sp³-hybridized carbons (Fsp3) is 0.538. The Morgan fingerprint density at radius 2 is 1.65 bits per heavy atom. The highest BCUT2D eigenvalue weighted by molar-refractivity contribution is 5.98. The van der Waals surface area contributed by atoms with E-state index < -0.39 is 59.3 Å². The van der Waals surface area contributed by atoms with Gasteiger partial charge in [0.25, 0.3) is 5.91 Å². The molecule has 54 heavy (non-hydrogen) atoms. The van der Waals surface area contributed by atoms with Crippen LogP contribution in [0.25, 0.3) is 10.9 Å². The molecule has 1 aromatic heterocycles. The van der Waals surface area contributed by atoms with Crippen LogP contribution < -0.4 is 21.4 Å². The molecular formula is C39H52F4N6O5. The van der Waals surface area contributed by atoms with Crippen LogP contribution in [0.5, 0.6) is 0 Å². The number of aromatic nitrogens is 1. The molecule has 11 nitrogen and oxygen atoms in total. The summed E-state index contributed by atoms with van der Waals surface area (Å²) in [6.45, 7) is 11.5. The first kappa shape index (κ1) is 42.2. The molecule has 4 amide bonds. The van der Waals surface area contributed by atoms with Gasteiger partial charge in [-0.2, -0.15) is 13.2 Å². The Balaban J connectivity index is 0.00000122. The number of alkyl halides is 3. The largest absolute Gasteiger partial charge is 0.418 e. The van der Waals surface area contributed by atoms with Crippen molar-refractivity contribution in [2.24, 2.45) is 11.8 Å². The smallest absolute Gasteiger partial charge is 0.379 e. The number of benzene rings is 2. The third-order valence-corrected chi connectivity index (χ3v) is 10.1. The van der Waals surface area contributed by atoms with Crippen molar-refractivity contribution in [1.29, 1.82) is 0 Å². The summed E-state index contributed by atoms with van der Waals surface area (Å²) < 4.78 is 61.1. The van der Waals surface area contributed by atoms with Gasteiger partial charge in [-0.05, 0) is 47.9 Å². The molecule has 0 bridgehead atoms. The van der Waals surface area contributed by atoms with Crippen molar-refractivity contribution in [2.75, 3.05) is 32.8 Å². The maximum atomic E-state index is 14.3. The van der Waals surface area contributed by atoms with Gasteiger partial charge in [-0.1, -0.05) is 77.8 Å². The van der Waals surface area contributed by atoms with E-state index in [1.165, 1.54) is 36.8 Å². The second kappa shape index (κ2) is 18.7. The Morgan fingerprint density at radius 3 is 2.28 bits per heavy atom. The second-order valence-electron chi connectivity index (χ2n) is 14.4. The highest BCUT2D eigenvalue weighted by Gasteiger charge is 2.46. The number of fused-ring (bicyclic) bond motifs is 3. The molecule has 2 aliphatic rings. The zero-order valence-corrected chi connectivity index (χ0v) is 31.6. The van der Waals surface area contributed by atoms with Gasteiger partial charge < -0.3 is 25.7 Å². The second-order valence-corrected chi connectivity index (χ2v) is 14.4. The molecule has 296 valence electrons. The molecule has 1 fully saturated rings. The number of aromatic amines is 1. The molecule has 15 heteroatoms. The standard InChI is InChI=1S/C34H40F4N6O5.C5H12/c1-3-20(2)29(31(47)43-44-13-15-49-16-14-44)41-32(48)33(42-28(46)19-39-27(45)17-21-7-4-5-10-25(21)35)12-11-26-23(18-33)22-8-6-9-24(30(22)40-26)34(36,37)38;1-4-5(2)3/h4-10,20,29,40H,3,11-19H2,1-2H3,(H,39,45)(H,41,48)(H,42,46)(H,43,47);5H,4H2,1-3H3/t20?,29-,33?;/m0./s1. The first-order valence-corrected chi connectivity index (χ1v) is 18.5. The van der Waals surface area contributed by atoms with Gasteiger partial charge in [0.05, 0.1) is 37.3 Å². The van der Waals surface area contributed by atoms with Crippen molar-refractivity contribution in [1.82, 2.24) is 31.4 Å². The summed E-state index contributed by atoms with van der Waals surface area (Å²) in [5, 5.41) is 10.00. The predicted molar refractivity (Wildman–Crippen MR) is 196 cm³/mol. The molecule has 3 atom stereocenters. The van der Waals surface area contributed by atoms with Crippen LogP contribution in [0, 0.1) is 17.7 Å². The number of halogens is 4. The Labute approximate surface area is 313 Å². The summed E-state index contributed by atoms with van der Waals surface area (Å²) in [6.07, 6.45) is -3.19. The molecule has 2 unspecified atom stereocenters. The van der Waals surface area contributed by atoms with Crippen molar-refractivity contribution in [3.63, 3.8) is 0 Å². The van der Waals surface area contributed by atoms with Gasteiger partial charge in [0.1, 0.15) is 17.4 Å². The first-order valence-electron chi connectivity index (χ1n) is 18.5. The zero-order valence-electron chi connectivity index (χ0n) is 31.6. The van der Waals surface area contributed by atoms with E-state index >= 15 is 0 Å². The number of amides is 4. The van der Waals surface area contributed by atoms with Gasteiger partial charge >= 0.3 is 6.18 Å². The maximum Gasteiger partial charge on any atom is 0.418 e. The van der Waals surface area contributed by atoms with Crippen LogP contribution in [0.4, 0.5) is 17.6 Å². The van der Waals surface area contributed by atoms with Crippen LogP contribution in [0.2, 0.25) is 0 Å². The van der Waals surface area contributed by atoms with Gasteiger partial charge in [0.15, 0.2) is 0 Å². The van der Waals surface area contributed by atoms with Crippen molar-refractivity contribution in [2.45, 2.75) is 90.9 Å². The Hall–Kier alpha value is -4.50. The van der Waals surface area contributed by atoms with Crippen LogP contribution in [0.1, 0.15) is 76.3 Å². The van der Waals surface area contributed by atoms with Crippen LogP contribution in [-0.2, 0) is 49.4 Å². The Bertz CT molecular complexity index is 1770. The average molecular weight is 761 g/mol. The monoisotopic (exact) mass is 760 g/mol. The Kier molecular flexibility index (Phi) is 14.6. The van der Waals surface area contributed by atoms with E-state index in [2.05, 4.69) is 47.1 Å². The zero-order chi connectivity index (χ0) is 39.6. The van der Waals surface area contributed by atoms with Crippen molar-refractivity contribution in [3.8, 4) is 0 Å². The normalized spacial score (nSPS) is 18.5. The fourth-order valence-electron chi connectivity index (χ4n) is 6.31. The number of rotatable bonds is 12. The van der Waals surface area contributed by atoms with E-state index in [1.807, 2.05) is 6.92 Å². The molecule has 3 aromatic rings. The molecule has 2 heterocycles. The number of hydrogen-bond acceptors (Lipinski definition) is 6. The molecule has 1 aliphatic heterocycles. The molecule has 5 rings (SSSR count). The van der Waals surface area contributed by atoms with Crippen molar-refractivity contribution in [3.05, 3.63) is 70.7 Å². The molecule has 0 radical (unpaired) electrons. The number of H-pyrrole nitrogens is 1. The number of nitrogens with zero attached hydrogens (tertiary/aromatic N) is 1. The third kappa shape index (κ3) is 10.8. The molecule has 1 aliphatic carbocycles. The van der Waals surface area contributed by atoms with E-state index in [1.54, 1.807) is 18.0 Å². The lowest BCUT2D eigenvalue weighted by Gasteiger charge is -2.39. The number of ether oxygens (including phenoxy) is 1. The first-order chi connectivity index (χ1) is 25.6. The summed E-state index contributed by atoms with van der Waals surface area (Å²) in [6, 6.07) is 8.50. The molecule has 1 saturated heterocycles. The van der Waals surface area contributed by atoms with Gasteiger partial charge in [0.2, 0.25) is 17.7 Å². The van der Waals surface area contributed by atoms with Crippen LogP contribution in [0.15, 0.2) is 42.5 Å². The van der Waals surface area contributed by atoms with Gasteiger partial charge in [-0.15, -0.1) is 0 Å². The molecular weight excluding hydrogens is 708 g/mol. The highest BCUT2D eigenvalue weighted by atomic mass is 19.4. The molecule has 0 spiro atoms. The number of aryl methyl sites for hydroxylation is 1. The number of carbonyl (C=O) groups is 4. The molecule has 0 saturated carbocycles. The minimum absolute atomic E-state index is 0.00672. The minimum atomic E-state index is -4.63. The fourth-order valence-corrected chi connectivity index (χ4v) is 6.31. The van der Waals surface area contributed by atoms with Gasteiger partial charge in [0, 0.05) is 30.6 Å². The van der Waals surface area contributed by atoms with E-state index in [-0.39, 0.29) is 48.1 Å². The van der Waals surface area contributed by atoms with E-state index in [4.69, 9.17) is 4.74 Å². The summed E-state index contributed by atoms with van der Waals surface area (Å²) in [5.41, 5.74) is 1.25. The van der Waals surface area contributed by atoms with E-state index in [0.717, 1.165) is 12.0 Å². The Morgan fingerprint density at radius 1 is 0.963 bits per heavy atom. The van der Waals surface area contributed by atoms with E-state index in [0.29, 0.717) is 44.0 Å². The maximum absolute atomic E-state index is 14.3. The summed E-state index contributed by atoms with van der Waals surface area (Å²) in [7, 11) is 0.